The summed E-state index contributed by atoms with van der Waals surface area (Å²) in [5.41, 5.74) is -0.0166. The zero-order valence-electron chi connectivity index (χ0n) is 12.1. The predicted octanol–water partition coefficient (Wildman–Crippen LogP) is 2.77. The summed E-state index contributed by atoms with van der Waals surface area (Å²) in [6, 6.07) is 3.54. The van der Waals surface area contributed by atoms with E-state index in [1.54, 1.807) is 25.4 Å². The molecule has 0 aromatic carbocycles. The summed E-state index contributed by atoms with van der Waals surface area (Å²) >= 11 is 0. The number of amides is 1. The van der Waals surface area contributed by atoms with Crippen LogP contribution in [0.4, 0.5) is 5.69 Å². The average Bonchev–Trinajstić information content (AvgIpc) is 2.50. The number of pyridine rings is 1. The van der Waals surface area contributed by atoms with Crippen LogP contribution in [0.5, 0.6) is 5.88 Å². The number of nitrogens with zero attached hydrogens (tertiary/aromatic N) is 1. The number of methoxy groups -OCH3 is 1. The highest BCUT2D eigenvalue weighted by Gasteiger charge is 2.39. The van der Waals surface area contributed by atoms with Crippen molar-refractivity contribution in [1.82, 2.24) is 4.98 Å². The Hall–Kier alpha value is -1.62. The Labute approximate surface area is 119 Å². The molecule has 1 N–H and O–H groups in total. The zero-order valence-corrected chi connectivity index (χ0v) is 12.1. The molecule has 1 aromatic heterocycles. The summed E-state index contributed by atoms with van der Waals surface area (Å²) in [5, 5.41) is 2.89. The van der Waals surface area contributed by atoms with Crippen molar-refractivity contribution in [3.05, 3.63) is 18.3 Å². The molecule has 110 valence electrons. The molecule has 1 aliphatic carbocycles. The van der Waals surface area contributed by atoms with Crippen LogP contribution in [0.1, 0.15) is 39.0 Å². The zero-order chi connectivity index (χ0) is 14.4. The number of hydrogen-bond donors (Lipinski definition) is 1. The van der Waals surface area contributed by atoms with Gasteiger partial charge in [-0.1, -0.05) is 19.3 Å². The first-order valence-electron chi connectivity index (χ1n) is 7.15. The van der Waals surface area contributed by atoms with E-state index in [4.69, 9.17) is 9.47 Å². The van der Waals surface area contributed by atoms with Gasteiger partial charge in [0.25, 0.3) is 5.91 Å². The van der Waals surface area contributed by atoms with Crippen molar-refractivity contribution in [3.63, 3.8) is 0 Å². The Balaban J connectivity index is 2.02. The Morgan fingerprint density at radius 3 is 2.65 bits per heavy atom. The van der Waals surface area contributed by atoms with E-state index in [1.165, 1.54) is 6.42 Å². The molecule has 2 rings (SSSR count). The highest BCUT2D eigenvalue weighted by Crippen LogP contribution is 2.32. The molecule has 0 bridgehead atoms. The smallest absolute Gasteiger partial charge is 0.256 e. The second-order valence-electron chi connectivity index (χ2n) is 5.03. The largest absolute Gasteiger partial charge is 0.478 e. The number of carbonyl (C=O) groups is 1. The van der Waals surface area contributed by atoms with Gasteiger partial charge in [0.2, 0.25) is 5.88 Å². The van der Waals surface area contributed by atoms with Crippen LogP contribution in [-0.2, 0) is 9.53 Å². The monoisotopic (exact) mass is 278 g/mol. The number of rotatable bonds is 5. The van der Waals surface area contributed by atoms with Gasteiger partial charge >= 0.3 is 0 Å². The lowest BCUT2D eigenvalue weighted by Crippen LogP contribution is -2.46. The fourth-order valence-electron chi connectivity index (χ4n) is 2.58. The van der Waals surface area contributed by atoms with E-state index < -0.39 is 5.60 Å². The maximum atomic E-state index is 12.4. The third-order valence-electron chi connectivity index (χ3n) is 3.75. The van der Waals surface area contributed by atoms with Gasteiger partial charge in [-0.25, -0.2) is 4.98 Å². The van der Waals surface area contributed by atoms with Crippen molar-refractivity contribution in [1.29, 1.82) is 0 Å². The van der Waals surface area contributed by atoms with Gasteiger partial charge in [0.15, 0.2) is 0 Å². The fraction of sp³-hybridized carbons (Fsp3) is 0.600. The lowest BCUT2D eigenvalue weighted by atomic mass is 9.84. The molecule has 1 heterocycles. The van der Waals surface area contributed by atoms with Crippen LogP contribution in [-0.4, -0.2) is 30.2 Å². The number of nitrogens with one attached hydrogen (secondary N) is 1. The third-order valence-corrected chi connectivity index (χ3v) is 3.75. The minimum atomic E-state index is -0.684. The molecule has 5 nitrogen and oxygen atoms in total. The van der Waals surface area contributed by atoms with Crippen LogP contribution in [0.15, 0.2) is 18.3 Å². The minimum Gasteiger partial charge on any atom is -0.478 e. The summed E-state index contributed by atoms with van der Waals surface area (Å²) in [6.45, 7) is 2.48. The van der Waals surface area contributed by atoms with Gasteiger partial charge in [-0.05, 0) is 25.8 Å². The van der Waals surface area contributed by atoms with E-state index in [1.807, 2.05) is 6.92 Å². The van der Waals surface area contributed by atoms with E-state index in [2.05, 4.69) is 10.3 Å². The molecule has 1 amide bonds. The van der Waals surface area contributed by atoms with Crippen molar-refractivity contribution < 1.29 is 14.3 Å². The topological polar surface area (TPSA) is 60.5 Å². The van der Waals surface area contributed by atoms with E-state index >= 15 is 0 Å². The third kappa shape index (κ3) is 3.28. The first kappa shape index (κ1) is 14.8. The Morgan fingerprint density at radius 1 is 1.35 bits per heavy atom. The van der Waals surface area contributed by atoms with E-state index in [9.17, 15) is 4.79 Å². The molecule has 1 aliphatic rings. The van der Waals surface area contributed by atoms with Gasteiger partial charge < -0.3 is 14.8 Å². The summed E-state index contributed by atoms with van der Waals surface area (Å²) < 4.78 is 10.8. The van der Waals surface area contributed by atoms with Crippen molar-refractivity contribution in [2.24, 2.45) is 0 Å². The summed E-state index contributed by atoms with van der Waals surface area (Å²) in [4.78, 5) is 16.6. The van der Waals surface area contributed by atoms with Gasteiger partial charge in [0.05, 0.1) is 18.5 Å². The molecule has 0 spiro atoms. The number of anilines is 1. The van der Waals surface area contributed by atoms with Gasteiger partial charge in [-0.3, -0.25) is 4.79 Å². The molecule has 0 radical (unpaired) electrons. The molecule has 1 aromatic rings. The predicted molar refractivity (Wildman–Crippen MR) is 76.9 cm³/mol. The van der Waals surface area contributed by atoms with Crippen molar-refractivity contribution in [2.45, 2.75) is 44.6 Å². The molecule has 0 aliphatic heterocycles. The summed E-state index contributed by atoms with van der Waals surface area (Å²) in [7, 11) is 1.61. The highest BCUT2D eigenvalue weighted by molar-refractivity contribution is 5.97. The van der Waals surface area contributed by atoms with Crippen LogP contribution in [0.25, 0.3) is 0 Å². The molecule has 0 saturated heterocycles. The fourth-order valence-corrected chi connectivity index (χ4v) is 2.58. The quantitative estimate of drug-likeness (QED) is 0.899. The van der Waals surface area contributed by atoms with E-state index in [-0.39, 0.29) is 5.91 Å². The van der Waals surface area contributed by atoms with Gasteiger partial charge in [-0.15, -0.1) is 0 Å². The number of hydrogen-bond acceptors (Lipinski definition) is 4. The first-order valence-corrected chi connectivity index (χ1v) is 7.15. The summed E-state index contributed by atoms with van der Waals surface area (Å²) in [6.07, 6.45) is 6.39. The second-order valence-corrected chi connectivity index (χ2v) is 5.03. The maximum absolute atomic E-state index is 12.4. The maximum Gasteiger partial charge on any atom is 0.256 e. The van der Waals surface area contributed by atoms with E-state index in [0.29, 0.717) is 18.2 Å². The lowest BCUT2D eigenvalue weighted by Gasteiger charge is -2.34. The summed E-state index contributed by atoms with van der Waals surface area (Å²) in [5.74, 6) is 0.482. The SMILES string of the molecule is CCOc1ccc(NC(=O)C2(OC)CCCCC2)cn1. The Bertz CT molecular complexity index is 439. The minimum absolute atomic E-state index is 0.0781. The van der Waals surface area contributed by atoms with Crippen LogP contribution in [0.2, 0.25) is 0 Å². The standard InChI is InChI=1S/C15H22N2O3/c1-3-20-13-8-7-12(11-16-13)17-14(18)15(19-2)9-5-4-6-10-15/h7-8,11H,3-6,9-10H2,1-2H3,(H,17,18). The number of carbonyl (C=O) groups excluding carboxylic acids is 1. The Kier molecular flexibility index (Phi) is 4.95. The van der Waals surface area contributed by atoms with Crippen LogP contribution in [0.3, 0.4) is 0 Å². The van der Waals surface area contributed by atoms with Crippen molar-refractivity contribution in [2.75, 3.05) is 19.0 Å². The van der Waals surface area contributed by atoms with Gasteiger partial charge in [-0.2, -0.15) is 0 Å². The number of aromatic nitrogens is 1. The molecule has 1 saturated carbocycles. The van der Waals surface area contributed by atoms with Gasteiger partial charge in [0.1, 0.15) is 5.60 Å². The average molecular weight is 278 g/mol. The molecule has 5 heteroatoms. The van der Waals surface area contributed by atoms with Gasteiger partial charge in [0, 0.05) is 13.2 Å². The highest BCUT2D eigenvalue weighted by atomic mass is 16.5. The molecule has 0 unspecified atom stereocenters. The second kappa shape index (κ2) is 6.70. The molecular formula is C15H22N2O3. The molecule has 20 heavy (non-hydrogen) atoms. The lowest BCUT2D eigenvalue weighted by molar-refractivity contribution is -0.141. The van der Waals surface area contributed by atoms with Crippen molar-refractivity contribution in [3.8, 4) is 5.88 Å². The van der Waals surface area contributed by atoms with Crippen LogP contribution < -0.4 is 10.1 Å². The molecule has 0 atom stereocenters. The first-order chi connectivity index (χ1) is 9.70. The Morgan fingerprint density at radius 2 is 2.10 bits per heavy atom. The molecule has 1 fully saturated rings. The van der Waals surface area contributed by atoms with Crippen LogP contribution >= 0.6 is 0 Å². The van der Waals surface area contributed by atoms with Crippen molar-refractivity contribution >= 4 is 11.6 Å². The molecular weight excluding hydrogens is 256 g/mol. The van der Waals surface area contributed by atoms with E-state index in [0.717, 1.165) is 25.7 Å². The van der Waals surface area contributed by atoms with Crippen LogP contribution in [0, 0.1) is 0 Å². The normalized spacial score (nSPS) is 17.5. The number of ether oxygens (including phenoxy) is 2.